The Bertz CT molecular complexity index is 462. The van der Waals surface area contributed by atoms with Gasteiger partial charge in [-0.25, -0.2) is 4.98 Å². The van der Waals surface area contributed by atoms with Gasteiger partial charge in [0, 0.05) is 13.1 Å². The fourth-order valence-electron chi connectivity index (χ4n) is 1.50. The average molecular weight is 266 g/mol. The van der Waals surface area contributed by atoms with E-state index in [2.05, 4.69) is 4.98 Å². The molecule has 1 rings (SSSR count). The topological polar surface area (TPSA) is 99.8 Å². The van der Waals surface area contributed by atoms with E-state index in [0.29, 0.717) is 18.9 Å². The van der Waals surface area contributed by atoms with Crippen LogP contribution in [0.4, 0.5) is 5.82 Å². The zero-order chi connectivity index (χ0) is 14.4. The zero-order valence-electron chi connectivity index (χ0n) is 11.0. The molecule has 19 heavy (non-hydrogen) atoms. The number of carboxylic acid groups (broad SMARTS) is 1. The molecular formula is C12H18N4O3. The number of aromatic nitrogens is 1. The Morgan fingerprint density at radius 1 is 1.32 bits per heavy atom. The molecular weight excluding hydrogens is 248 g/mol. The van der Waals surface area contributed by atoms with Crippen molar-refractivity contribution in [2.75, 3.05) is 38.6 Å². The summed E-state index contributed by atoms with van der Waals surface area (Å²) >= 11 is 0. The summed E-state index contributed by atoms with van der Waals surface area (Å²) in [4.78, 5) is 29.6. The van der Waals surface area contributed by atoms with E-state index < -0.39 is 11.9 Å². The van der Waals surface area contributed by atoms with Crippen LogP contribution in [0.1, 0.15) is 10.5 Å². The number of hydrogen-bond acceptors (Lipinski definition) is 5. The minimum Gasteiger partial charge on any atom is -0.480 e. The molecule has 104 valence electrons. The molecule has 0 saturated carbocycles. The maximum atomic E-state index is 11.1. The van der Waals surface area contributed by atoms with Crippen molar-refractivity contribution in [3.63, 3.8) is 0 Å². The monoisotopic (exact) mass is 266 g/mol. The average Bonchev–Trinajstić information content (AvgIpc) is 2.34. The van der Waals surface area contributed by atoms with Crippen molar-refractivity contribution in [1.82, 2.24) is 9.88 Å². The third-order valence-corrected chi connectivity index (χ3v) is 2.45. The van der Waals surface area contributed by atoms with Gasteiger partial charge in [-0.1, -0.05) is 6.07 Å². The van der Waals surface area contributed by atoms with Gasteiger partial charge in [0.1, 0.15) is 18.1 Å². The van der Waals surface area contributed by atoms with E-state index in [9.17, 15) is 9.59 Å². The molecule has 1 amide bonds. The first-order valence-electron chi connectivity index (χ1n) is 5.78. The number of aliphatic carboxylic acids is 1. The minimum atomic E-state index is -0.954. The van der Waals surface area contributed by atoms with Gasteiger partial charge in [0.25, 0.3) is 5.91 Å². The quantitative estimate of drug-likeness (QED) is 0.698. The van der Waals surface area contributed by atoms with Crippen LogP contribution in [0.15, 0.2) is 18.2 Å². The molecule has 0 saturated heterocycles. The highest BCUT2D eigenvalue weighted by atomic mass is 16.4. The first-order valence-corrected chi connectivity index (χ1v) is 5.78. The van der Waals surface area contributed by atoms with Gasteiger partial charge in [0.05, 0.1) is 0 Å². The molecule has 7 nitrogen and oxygen atoms in total. The SMILES string of the molecule is CN(C)CCN(CC(=O)O)c1cccc(C(N)=O)n1. The van der Waals surface area contributed by atoms with Crippen LogP contribution in [-0.4, -0.2) is 60.6 Å². The van der Waals surface area contributed by atoms with Crippen LogP contribution < -0.4 is 10.6 Å². The summed E-state index contributed by atoms with van der Waals surface area (Å²) in [6.07, 6.45) is 0. The molecule has 0 spiro atoms. The Morgan fingerprint density at radius 2 is 2.00 bits per heavy atom. The molecule has 0 aliphatic rings. The second-order valence-corrected chi connectivity index (χ2v) is 4.36. The van der Waals surface area contributed by atoms with Gasteiger partial charge in [-0.05, 0) is 26.2 Å². The standard InChI is InChI=1S/C12H18N4O3/c1-15(2)6-7-16(8-11(17)18)10-5-3-4-9(14-10)12(13)19/h3-5H,6-8H2,1-2H3,(H2,13,19)(H,17,18). The predicted molar refractivity (Wildman–Crippen MR) is 71.2 cm³/mol. The van der Waals surface area contributed by atoms with Gasteiger partial charge in [-0.3, -0.25) is 9.59 Å². The van der Waals surface area contributed by atoms with Crippen molar-refractivity contribution >= 4 is 17.7 Å². The molecule has 1 aromatic heterocycles. The lowest BCUT2D eigenvalue weighted by atomic mass is 10.3. The molecule has 0 atom stereocenters. The summed E-state index contributed by atoms with van der Waals surface area (Å²) in [6.45, 7) is 0.993. The summed E-state index contributed by atoms with van der Waals surface area (Å²) in [6, 6.07) is 4.79. The first kappa shape index (κ1) is 14.9. The molecule has 0 aliphatic carbocycles. The molecule has 0 aliphatic heterocycles. The number of carbonyl (C=O) groups is 2. The second-order valence-electron chi connectivity index (χ2n) is 4.36. The number of nitrogens with zero attached hydrogens (tertiary/aromatic N) is 3. The molecule has 0 unspecified atom stereocenters. The largest absolute Gasteiger partial charge is 0.480 e. The Morgan fingerprint density at radius 3 is 2.53 bits per heavy atom. The minimum absolute atomic E-state index is 0.123. The molecule has 7 heteroatoms. The number of amides is 1. The molecule has 0 bridgehead atoms. The number of carboxylic acids is 1. The first-order chi connectivity index (χ1) is 8.90. The van der Waals surface area contributed by atoms with Gasteiger partial charge in [-0.15, -0.1) is 0 Å². The summed E-state index contributed by atoms with van der Waals surface area (Å²) in [5.74, 6) is -1.16. The van der Waals surface area contributed by atoms with Crippen molar-refractivity contribution in [2.24, 2.45) is 5.73 Å². The molecule has 1 aromatic rings. The number of anilines is 1. The normalized spacial score (nSPS) is 10.5. The van der Waals surface area contributed by atoms with E-state index in [1.54, 1.807) is 17.0 Å². The fraction of sp³-hybridized carbons (Fsp3) is 0.417. The molecule has 0 fully saturated rings. The van der Waals surface area contributed by atoms with Gasteiger partial charge in [0.2, 0.25) is 0 Å². The van der Waals surface area contributed by atoms with Crippen molar-refractivity contribution < 1.29 is 14.7 Å². The predicted octanol–water partition coefficient (Wildman–Crippen LogP) is -0.367. The van der Waals surface area contributed by atoms with Crippen molar-refractivity contribution in [1.29, 1.82) is 0 Å². The lowest BCUT2D eigenvalue weighted by molar-refractivity contribution is -0.135. The Labute approximate surface area is 111 Å². The summed E-state index contributed by atoms with van der Waals surface area (Å²) in [5.41, 5.74) is 5.28. The van der Waals surface area contributed by atoms with Crippen LogP contribution in [-0.2, 0) is 4.79 Å². The van der Waals surface area contributed by atoms with Crippen molar-refractivity contribution in [3.05, 3.63) is 23.9 Å². The van der Waals surface area contributed by atoms with Crippen molar-refractivity contribution in [3.8, 4) is 0 Å². The molecule has 1 heterocycles. The zero-order valence-corrected chi connectivity index (χ0v) is 11.0. The maximum absolute atomic E-state index is 11.1. The smallest absolute Gasteiger partial charge is 0.323 e. The van der Waals surface area contributed by atoms with Gasteiger partial charge < -0.3 is 20.6 Å². The van der Waals surface area contributed by atoms with Gasteiger partial charge in [0.15, 0.2) is 0 Å². The van der Waals surface area contributed by atoms with Crippen molar-refractivity contribution in [2.45, 2.75) is 0 Å². The number of hydrogen-bond donors (Lipinski definition) is 2. The van der Waals surface area contributed by atoms with Crippen LogP contribution in [0.2, 0.25) is 0 Å². The highest BCUT2D eigenvalue weighted by molar-refractivity contribution is 5.91. The van der Waals surface area contributed by atoms with Crippen LogP contribution in [0, 0.1) is 0 Å². The number of likely N-dealkylation sites (N-methyl/N-ethyl adjacent to an activating group) is 1. The summed E-state index contributed by atoms with van der Waals surface area (Å²) in [7, 11) is 3.79. The van der Waals surface area contributed by atoms with E-state index in [1.165, 1.54) is 6.07 Å². The molecule has 3 N–H and O–H groups in total. The van der Waals surface area contributed by atoms with E-state index in [1.807, 2.05) is 19.0 Å². The molecule has 0 radical (unpaired) electrons. The van der Waals surface area contributed by atoms with E-state index >= 15 is 0 Å². The molecule has 0 aromatic carbocycles. The van der Waals surface area contributed by atoms with Crippen LogP contribution in [0.3, 0.4) is 0 Å². The van der Waals surface area contributed by atoms with Crippen LogP contribution in [0.5, 0.6) is 0 Å². The number of pyridine rings is 1. The lowest BCUT2D eigenvalue weighted by Crippen LogP contribution is -2.36. The third-order valence-electron chi connectivity index (χ3n) is 2.45. The summed E-state index contributed by atoms with van der Waals surface area (Å²) in [5, 5.41) is 8.91. The fourth-order valence-corrected chi connectivity index (χ4v) is 1.50. The summed E-state index contributed by atoms with van der Waals surface area (Å²) < 4.78 is 0. The second kappa shape index (κ2) is 6.69. The Hall–Kier alpha value is -2.15. The van der Waals surface area contributed by atoms with Gasteiger partial charge in [-0.2, -0.15) is 0 Å². The highest BCUT2D eigenvalue weighted by Crippen LogP contribution is 2.11. The van der Waals surface area contributed by atoms with Crippen LogP contribution >= 0.6 is 0 Å². The number of rotatable bonds is 7. The Balaban J connectivity index is 2.92. The number of carbonyl (C=O) groups excluding carboxylic acids is 1. The number of primary amides is 1. The number of nitrogens with two attached hydrogens (primary N) is 1. The van der Waals surface area contributed by atoms with Gasteiger partial charge >= 0.3 is 5.97 Å². The highest BCUT2D eigenvalue weighted by Gasteiger charge is 2.13. The van der Waals surface area contributed by atoms with Crippen LogP contribution in [0.25, 0.3) is 0 Å². The van der Waals surface area contributed by atoms with E-state index in [4.69, 9.17) is 10.8 Å². The maximum Gasteiger partial charge on any atom is 0.323 e. The van der Waals surface area contributed by atoms with E-state index in [-0.39, 0.29) is 12.2 Å². The lowest BCUT2D eigenvalue weighted by Gasteiger charge is -2.23. The third kappa shape index (κ3) is 4.92. The Kier molecular flexibility index (Phi) is 5.25. The van der Waals surface area contributed by atoms with E-state index in [0.717, 1.165) is 0 Å².